The highest BCUT2D eigenvalue weighted by Gasteiger charge is 2.69. The molecule has 2 aliphatic carbocycles. The lowest BCUT2D eigenvalue weighted by Gasteiger charge is -2.30. The van der Waals surface area contributed by atoms with Crippen molar-refractivity contribution in [1.29, 1.82) is 0 Å². The number of fused-ring (bicyclic) bond motifs is 5. The van der Waals surface area contributed by atoms with Crippen molar-refractivity contribution >= 4 is 11.6 Å². The molecule has 94 valence electrons. The van der Waals surface area contributed by atoms with E-state index in [0.717, 1.165) is 12.1 Å². The van der Waals surface area contributed by atoms with Crippen LogP contribution >= 0.6 is 0 Å². The van der Waals surface area contributed by atoms with Crippen LogP contribution in [0.25, 0.3) is 0 Å². The topological polar surface area (TPSA) is 41.6 Å². The van der Waals surface area contributed by atoms with Crippen LogP contribution in [0, 0.1) is 17.3 Å². The number of para-hydroxylation sites is 1. The number of carbonyl (C=O) groups is 1. The maximum atomic E-state index is 12.5. The van der Waals surface area contributed by atoms with Crippen LogP contribution in [0.1, 0.15) is 19.8 Å². The number of hydrogen-bond acceptors (Lipinski definition) is 2. The zero-order valence-corrected chi connectivity index (χ0v) is 10.4. The lowest BCUT2D eigenvalue weighted by molar-refractivity contribution is -0.127. The van der Waals surface area contributed by atoms with E-state index in [4.69, 9.17) is 4.74 Å². The van der Waals surface area contributed by atoms with E-state index in [2.05, 4.69) is 12.2 Å². The molecule has 1 N–H and O–H groups in total. The van der Waals surface area contributed by atoms with Gasteiger partial charge in [0.25, 0.3) is 0 Å². The fourth-order valence-corrected chi connectivity index (χ4v) is 4.01. The van der Waals surface area contributed by atoms with Crippen molar-refractivity contribution in [3.05, 3.63) is 30.3 Å². The highest BCUT2D eigenvalue weighted by molar-refractivity contribution is 5.95. The lowest BCUT2D eigenvalue weighted by Crippen LogP contribution is -2.40. The Morgan fingerprint density at radius 2 is 2.11 bits per heavy atom. The van der Waals surface area contributed by atoms with Gasteiger partial charge in [-0.15, -0.1) is 0 Å². The maximum Gasteiger partial charge on any atom is 0.230 e. The molecule has 1 amide bonds. The van der Waals surface area contributed by atoms with Crippen molar-refractivity contribution in [3.8, 4) is 0 Å². The van der Waals surface area contributed by atoms with E-state index >= 15 is 0 Å². The number of nitrogens with one attached hydrogen (secondary N) is 1. The molecule has 3 aliphatic rings. The number of amides is 1. The Hall–Kier alpha value is -1.35. The molecule has 1 saturated heterocycles. The highest BCUT2D eigenvalue weighted by Crippen LogP contribution is 2.64. The van der Waals surface area contributed by atoms with E-state index in [9.17, 15) is 4.79 Å². The van der Waals surface area contributed by atoms with E-state index in [0.29, 0.717) is 24.0 Å². The van der Waals surface area contributed by atoms with Crippen LogP contribution in [0.5, 0.6) is 0 Å². The van der Waals surface area contributed by atoms with Gasteiger partial charge in [-0.05, 0) is 30.9 Å². The number of hydrogen-bond donors (Lipinski definition) is 1. The molecule has 18 heavy (non-hydrogen) atoms. The molecule has 3 fully saturated rings. The van der Waals surface area contributed by atoms with Crippen molar-refractivity contribution < 1.29 is 9.53 Å². The summed E-state index contributed by atoms with van der Waals surface area (Å²) in [7, 11) is 0. The van der Waals surface area contributed by atoms with Crippen molar-refractivity contribution in [2.75, 3.05) is 5.32 Å². The van der Waals surface area contributed by atoms with Gasteiger partial charge in [0.05, 0.1) is 17.6 Å². The van der Waals surface area contributed by atoms with Gasteiger partial charge >= 0.3 is 0 Å². The van der Waals surface area contributed by atoms with Gasteiger partial charge in [0, 0.05) is 11.6 Å². The molecule has 0 radical (unpaired) electrons. The lowest BCUT2D eigenvalue weighted by atomic mass is 9.74. The first-order valence-electron chi connectivity index (χ1n) is 6.70. The van der Waals surface area contributed by atoms with Gasteiger partial charge in [-0.2, -0.15) is 0 Å². The van der Waals surface area contributed by atoms with E-state index < -0.39 is 0 Å². The third-order valence-corrected chi connectivity index (χ3v) is 5.03. The van der Waals surface area contributed by atoms with Crippen LogP contribution in [-0.2, 0) is 9.53 Å². The standard InChI is InChI=1S/C15H17NO2/c1-15(8-9-7-11(15)13-12(9)18-13)14(17)16-10-5-3-2-4-6-10/h2-6,9,11-13H,7-8H2,1H3,(H,16,17)/t9-,11+,12+,13+,15+/m0/s1. The van der Waals surface area contributed by atoms with Gasteiger partial charge in [0.15, 0.2) is 0 Å². The van der Waals surface area contributed by atoms with Gasteiger partial charge in [-0.1, -0.05) is 25.1 Å². The number of benzene rings is 1. The Balaban J connectivity index is 1.55. The zero-order valence-electron chi connectivity index (χ0n) is 10.4. The summed E-state index contributed by atoms with van der Waals surface area (Å²) in [5, 5.41) is 3.05. The van der Waals surface area contributed by atoms with Crippen molar-refractivity contribution in [2.45, 2.75) is 32.0 Å². The molecule has 1 aliphatic heterocycles. The number of epoxide rings is 1. The van der Waals surface area contributed by atoms with E-state index in [1.165, 1.54) is 6.42 Å². The predicted molar refractivity (Wildman–Crippen MR) is 68.1 cm³/mol. The van der Waals surface area contributed by atoms with Gasteiger partial charge < -0.3 is 10.1 Å². The van der Waals surface area contributed by atoms with Gasteiger partial charge in [-0.3, -0.25) is 4.79 Å². The second-order valence-corrected chi connectivity index (χ2v) is 6.11. The minimum atomic E-state index is -0.238. The second-order valence-electron chi connectivity index (χ2n) is 6.11. The largest absolute Gasteiger partial charge is 0.369 e. The molecule has 0 aromatic heterocycles. The van der Waals surface area contributed by atoms with Crippen molar-refractivity contribution in [2.24, 2.45) is 17.3 Å². The second kappa shape index (κ2) is 3.35. The SMILES string of the molecule is C[C@@]1(C(=O)Nc2ccccc2)C[C@@H]2C[C@@H]1[C@H]1O[C@H]21. The summed E-state index contributed by atoms with van der Waals surface area (Å²) < 4.78 is 5.66. The van der Waals surface area contributed by atoms with E-state index in [1.807, 2.05) is 30.3 Å². The zero-order chi connectivity index (χ0) is 12.3. The molecule has 0 spiro atoms. The summed E-state index contributed by atoms with van der Waals surface area (Å²) in [6.07, 6.45) is 3.01. The quantitative estimate of drug-likeness (QED) is 0.811. The molecule has 3 nitrogen and oxygen atoms in total. The van der Waals surface area contributed by atoms with Gasteiger partial charge in [0.2, 0.25) is 5.91 Å². The maximum absolute atomic E-state index is 12.5. The molecule has 3 heteroatoms. The van der Waals surface area contributed by atoms with Crippen LogP contribution in [0.2, 0.25) is 0 Å². The summed E-state index contributed by atoms with van der Waals surface area (Å²) in [4.78, 5) is 12.5. The molecular weight excluding hydrogens is 226 g/mol. The number of rotatable bonds is 2. The van der Waals surface area contributed by atoms with Crippen LogP contribution in [0.15, 0.2) is 30.3 Å². The summed E-state index contributed by atoms with van der Waals surface area (Å²) in [6, 6.07) is 9.71. The Morgan fingerprint density at radius 1 is 1.33 bits per heavy atom. The Labute approximate surface area is 107 Å². The Bertz CT molecular complexity index is 500. The molecule has 4 rings (SSSR count). The number of anilines is 1. The monoisotopic (exact) mass is 243 g/mol. The third-order valence-electron chi connectivity index (χ3n) is 5.03. The van der Waals surface area contributed by atoms with Crippen LogP contribution in [-0.4, -0.2) is 18.1 Å². The summed E-state index contributed by atoms with van der Waals surface area (Å²) in [6.45, 7) is 2.10. The first kappa shape index (κ1) is 10.6. The molecule has 2 bridgehead atoms. The third kappa shape index (κ3) is 1.31. The van der Waals surface area contributed by atoms with Crippen molar-refractivity contribution in [1.82, 2.24) is 0 Å². The average Bonchev–Trinajstić information content (AvgIpc) is 3.01. The summed E-state index contributed by atoms with van der Waals surface area (Å²) >= 11 is 0. The molecule has 1 aromatic rings. The normalized spacial score (nSPS) is 43.6. The molecule has 5 atom stereocenters. The average molecular weight is 243 g/mol. The molecule has 2 saturated carbocycles. The summed E-state index contributed by atoms with van der Waals surface area (Å²) in [5.41, 5.74) is 0.651. The fourth-order valence-electron chi connectivity index (χ4n) is 4.01. The minimum absolute atomic E-state index is 0.162. The van der Waals surface area contributed by atoms with Gasteiger partial charge in [-0.25, -0.2) is 0 Å². The van der Waals surface area contributed by atoms with Crippen LogP contribution in [0.4, 0.5) is 5.69 Å². The van der Waals surface area contributed by atoms with Crippen molar-refractivity contribution in [3.63, 3.8) is 0 Å². The predicted octanol–water partition coefficient (Wildman–Crippen LogP) is 2.44. The molecular formula is C15H17NO2. The van der Waals surface area contributed by atoms with Crippen LogP contribution < -0.4 is 5.32 Å². The Morgan fingerprint density at radius 3 is 2.78 bits per heavy atom. The number of ether oxygens (including phenoxy) is 1. The Kier molecular flexibility index (Phi) is 1.97. The van der Waals surface area contributed by atoms with E-state index in [1.54, 1.807) is 0 Å². The summed E-state index contributed by atoms with van der Waals surface area (Å²) in [5.74, 6) is 1.21. The molecule has 1 heterocycles. The number of carbonyl (C=O) groups excluding carboxylic acids is 1. The highest BCUT2D eigenvalue weighted by atomic mass is 16.6. The smallest absolute Gasteiger partial charge is 0.230 e. The van der Waals surface area contributed by atoms with Crippen LogP contribution in [0.3, 0.4) is 0 Å². The fraction of sp³-hybridized carbons (Fsp3) is 0.533. The first-order valence-corrected chi connectivity index (χ1v) is 6.70. The first-order chi connectivity index (χ1) is 8.68. The minimum Gasteiger partial charge on any atom is -0.369 e. The van der Waals surface area contributed by atoms with E-state index in [-0.39, 0.29) is 11.3 Å². The molecule has 0 unspecified atom stereocenters. The van der Waals surface area contributed by atoms with Gasteiger partial charge in [0.1, 0.15) is 0 Å². The molecule has 1 aromatic carbocycles.